The van der Waals surface area contributed by atoms with Crippen LogP contribution in [0.15, 0.2) is 34.8 Å². The predicted molar refractivity (Wildman–Crippen MR) is 77.9 cm³/mol. The van der Waals surface area contributed by atoms with E-state index in [1.165, 1.54) is 6.42 Å². The summed E-state index contributed by atoms with van der Waals surface area (Å²) in [4.78, 5) is 0. The molecule has 94 valence electrons. The van der Waals surface area contributed by atoms with Gasteiger partial charge >= 0.3 is 0 Å². The van der Waals surface area contributed by atoms with Crippen molar-refractivity contribution in [1.29, 1.82) is 0 Å². The highest BCUT2D eigenvalue weighted by Crippen LogP contribution is 2.49. The van der Waals surface area contributed by atoms with Gasteiger partial charge in [0.1, 0.15) is 5.75 Å². The molecule has 3 heteroatoms. The maximum absolute atomic E-state index is 10.2. The largest absolute Gasteiger partial charge is 0.508 e. The lowest BCUT2D eigenvalue weighted by molar-refractivity contribution is 0.247. The number of hydrogen-bond acceptors (Lipinski definition) is 2. The Bertz CT molecular complexity index is 599. The number of rotatable bonds is 2. The van der Waals surface area contributed by atoms with Gasteiger partial charge in [-0.15, -0.1) is 0 Å². The Balaban J connectivity index is 2.30. The molecule has 2 nitrogen and oxygen atoms in total. The summed E-state index contributed by atoms with van der Waals surface area (Å²) in [5.41, 5.74) is 7.00. The van der Waals surface area contributed by atoms with Crippen molar-refractivity contribution in [2.24, 2.45) is 5.73 Å². The van der Waals surface area contributed by atoms with E-state index in [2.05, 4.69) is 28.1 Å². The molecule has 1 saturated carbocycles. The quantitative estimate of drug-likeness (QED) is 0.889. The predicted octanol–water partition coefficient (Wildman–Crippen LogP) is 3.69. The molecule has 0 unspecified atom stereocenters. The molecule has 1 aliphatic rings. The Labute approximate surface area is 115 Å². The summed E-state index contributed by atoms with van der Waals surface area (Å²) in [7, 11) is 0. The van der Waals surface area contributed by atoms with Crippen LogP contribution in [0.4, 0.5) is 0 Å². The molecule has 0 atom stereocenters. The third kappa shape index (κ3) is 1.65. The van der Waals surface area contributed by atoms with Crippen LogP contribution in [0.25, 0.3) is 10.8 Å². The third-order valence-electron chi connectivity index (χ3n) is 4.19. The van der Waals surface area contributed by atoms with Crippen molar-refractivity contribution in [1.82, 2.24) is 0 Å². The lowest BCUT2D eigenvalue weighted by Gasteiger charge is -2.42. The number of fused-ring (bicyclic) bond motifs is 1. The normalized spacial score (nSPS) is 17.7. The molecule has 3 N–H and O–H groups in total. The molecule has 2 aromatic rings. The van der Waals surface area contributed by atoms with Gasteiger partial charge in [0.15, 0.2) is 0 Å². The van der Waals surface area contributed by atoms with Gasteiger partial charge in [0, 0.05) is 22.0 Å². The van der Waals surface area contributed by atoms with E-state index in [-0.39, 0.29) is 5.41 Å². The second kappa shape index (κ2) is 4.25. The van der Waals surface area contributed by atoms with Crippen molar-refractivity contribution < 1.29 is 5.11 Å². The van der Waals surface area contributed by atoms with E-state index in [0.717, 1.165) is 33.7 Å². The van der Waals surface area contributed by atoms with Crippen molar-refractivity contribution in [3.63, 3.8) is 0 Å². The fourth-order valence-corrected chi connectivity index (χ4v) is 3.39. The molecular weight excluding hydrogens is 290 g/mol. The second-order valence-electron chi connectivity index (χ2n) is 5.16. The van der Waals surface area contributed by atoms with Gasteiger partial charge in [-0.2, -0.15) is 0 Å². The van der Waals surface area contributed by atoms with E-state index >= 15 is 0 Å². The molecule has 0 radical (unpaired) electrons. The van der Waals surface area contributed by atoms with Crippen LogP contribution in [0.2, 0.25) is 0 Å². The van der Waals surface area contributed by atoms with E-state index in [9.17, 15) is 5.11 Å². The van der Waals surface area contributed by atoms with Gasteiger partial charge in [-0.25, -0.2) is 0 Å². The molecule has 0 aliphatic heterocycles. The summed E-state index contributed by atoms with van der Waals surface area (Å²) >= 11 is 3.49. The van der Waals surface area contributed by atoms with E-state index in [0.29, 0.717) is 12.3 Å². The number of hydrogen-bond donors (Lipinski definition) is 2. The van der Waals surface area contributed by atoms with Gasteiger partial charge in [-0.05, 0) is 41.8 Å². The molecule has 0 saturated heterocycles. The first-order chi connectivity index (χ1) is 8.66. The van der Waals surface area contributed by atoms with Gasteiger partial charge in [0.2, 0.25) is 0 Å². The summed E-state index contributed by atoms with van der Waals surface area (Å²) in [6.07, 6.45) is 3.35. The third-order valence-corrected chi connectivity index (χ3v) is 4.68. The lowest BCUT2D eigenvalue weighted by Crippen LogP contribution is -2.41. The molecule has 0 aromatic heterocycles. The van der Waals surface area contributed by atoms with Crippen molar-refractivity contribution in [2.75, 3.05) is 6.54 Å². The molecule has 0 heterocycles. The van der Waals surface area contributed by atoms with Crippen LogP contribution >= 0.6 is 15.9 Å². The number of phenolic OH excluding ortho intramolecular Hbond substituents is 1. The Morgan fingerprint density at radius 3 is 2.61 bits per heavy atom. The van der Waals surface area contributed by atoms with Crippen molar-refractivity contribution in [3.05, 3.63) is 40.4 Å². The van der Waals surface area contributed by atoms with Crippen LogP contribution in [-0.2, 0) is 5.41 Å². The fraction of sp³-hybridized carbons (Fsp3) is 0.333. The molecular formula is C15H16BrNO. The topological polar surface area (TPSA) is 46.2 Å². The Morgan fingerprint density at radius 2 is 2.00 bits per heavy atom. The van der Waals surface area contributed by atoms with Gasteiger partial charge in [0.25, 0.3) is 0 Å². The van der Waals surface area contributed by atoms with Crippen molar-refractivity contribution in [2.45, 2.75) is 24.7 Å². The summed E-state index contributed by atoms with van der Waals surface area (Å²) < 4.78 is 1.06. The van der Waals surface area contributed by atoms with E-state index in [4.69, 9.17) is 5.73 Å². The van der Waals surface area contributed by atoms with Gasteiger partial charge in [-0.1, -0.05) is 34.5 Å². The van der Waals surface area contributed by atoms with Crippen molar-refractivity contribution in [3.8, 4) is 5.75 Å². The van der Waals surface area contributed by atoms with Crippen LogP contribution in [0.3, 0.4) is 0 Å². The highest BCUT2D eigenvalue weighted by atomic mass is 79.9. The number of phenols is 1. The standard InChI is InChI=1S/C15H16BrNO/c16-11-3-4-12-10(8-11)2-5-13(18)14(12)15(9-17)6-1-7-15/h2-5,8,18H,1,6-7,9,17H2. The van der Waals surface area contributed by atoms with E-state index in [1.807, 2.05) is 12.1 Å². The van der Waals surface area contributed by atoms with Crippen LogP contribution in [-0.4, -0.2) is 11.7 Å². The Hall–Kier alpha value is -1.06. The van der Waals surface area contributed by atoms with Crippen LogP contribution < -0.4 is 5.73 Å². The second-order valence-corrected chi connectivity index (χ2v) is 6.08. The van der Waals surface area contributed by atoms with E-state index < -0.39 is 0 Å². The summed E-state index contributed by atoms with van der Waals surface area (Å²) in [6.45, 7) is 0.607. The molecule has 3 rings (SSSR count). The molecule has 1 aliphatic carbocycles. The van der Waals surface area contributed by atoms with Gasteiger partial charge in [0.05, 0.1) is 0 Å². The monoisotopic (exact) mass is 305 g/mol. The van der Waals surface area contributed by atoms with Crippen LogP contribution in [0.1, 0.15) is 24.8 Å². The molecule has 1 fully saturated rings. The molecule has 0 amide bonds. The first-order valence-electron chi connectivity index (χ1n) is 6.28. The zero-order chi connectivity index (χ0) is 12.8. The van der Waals surface area contributed by atoms with Gasteiger partial charge in [-0.3, -0.25) is 0 Å². The summed E-state index contributed by atoms with van der Waals surface area (Å²) in [5.74, 6) is 0.384. The van der Waals surface area contributed by atoms with Gasteiger partial charge < -0.3 is 10.8 Å². The molecule has 2 aromatic carbocycles. The number of nitrogens with two attached hydrogens (primary N) is 1. The first kappa shape index (κ1) is 12.0. The zero-order valence-electron chi connectivity index (χ0n) is 10.1. The average Bonchev–Trinajstić information content (AvgIpc) is 2.31. The van der Waals surface area contributed by atoms with Crippen molar-refractivity contribution >= 4 is 26.7 Å². The van der Waals surface area contributed by atoms with Crippen LogP contribution in [0, 0.1) is 0 Å². The highest BCUT2D eigenvalue weighted by Gasteiger charge is 2.40. The number of benzene rings is 2. The summed E-state index contributed by atoms with van der Waals surface area (Å²) in [6, 6.07) is 9.93. The smallest absolute Gasteiger partial charge is 0.120 e. The lowest BCUT2D eigenvalue weighted by atomic mass is 9.63. The number of aromatic hydroxyl groups is 1. The Kier molecular flexibility index (Phi) is 2.83. The summed E-state index contributed by atoms with van der Waals surface area (Å²) in [5, 5.41) is 12.5. The SMILES string of the molecule is NCC1(c2c(O)ccc3cc(Br)ccc23)CCC1. The minimum absolute atomic E-state index is 0.0164. The molecule has 0 bridgehead atoms. The van der Waals surface area contributed by atoms with E-state index in [1.54, 1.807) is 6.07 Å². The fourth-order valence-electron chi connectivity index (χ4n) is 3.01. The Morgan fingerprint density at radius 1 is 1.22 bits per heavy atom. The maximum atomic E-state index is 10.2. The molecule has 18 heavy (non-hydrogen) atoms. The minimum atomic E-state index is -0.0164. The highest BCUT2D eigenvalue weighted by molar-refractivity contribution is 9.10. The maximum Gasteiger partial charge on any atom is 0.120 e. The zero-order valence-corrected chi connectivity index (χ0v) is 11.7. The molecule has 0 spiro atoms. The average molecular weight is 306 g/mol. The number of halogens is 1. The minimum Gasteiger partial charge on any atom is -0.508 e. The first-order valence-corrected chi connectivity index (χ1v) is 7.07. The van der Waals surface area contributed by atoms with Crippen LogP contribution in [0.5, 0.6) is 5.75 Å².